The summed E-state index contributed by atoms with van der Waals surface area (Å²) in [6, 6.07) is 11.6. The third-order valence-corrected chi connectivity index (χ3v) is 8.77. The predicted molar refractivity (Wildman–Crippen MR) is 178 cm³/mol. The molecule has 46 heavy (non-hydrogen) atoms. The second kappa shape index (κ2) is 22.7. The highest BCUT2D eigenvalue weighted by atomic mass is 32.2. The van der Waals surface area contributed by atoms with Crippen LogP contribution in [0.1, 0.15) is 58.3 Å². The number of carboxylic acid groups (broad SMARTS) is 2. The summed E-state index contributed by atoms with van der Waals surface area (Å²) in [6.07, 6.45) is 4.09. The maximum Gasteiger partial charge on any atom is 0.320 e. The van der Waals surface area contributed by atoms with Crippen molar-refractivity contribution in [1.82, 2.24) is 4.90 Å². The Hall–Kier alpha value is -3.79. The second-order valence-electron chi connectivity index (χ2n) is 10.7. The van der Waals surface area contributed by atoms with E-state index in [0.29, 0.717) is 45.5 Å². The fraction of sp³-hybridized carbons (Fsp3) is 0.548. The van der Waals surface area contributed by atoms with E-state index < -0.39 is 39.5 Å². The van der Waals surface area contributed by atoms with Gasteiger partial charge in [-0.05, 0) is 55.0 Å². The van der Waals surface area contributed by atoms with Crippen molar-refractivity contribution in [2.24, 2.45) is 28.1 Å². The number of hydrogen-bond acceptors (Lipinski definition) is 8. The van der Waals surface area contributed by atoms with Gasteiger partial charge in [0.15, 0.2) is 15.8 Å². The molecule has 0 bridgehead atoms. The maximum atomic E-state index is 13.4. The van der Waals surface area contributed by atoms with E-state index in [1.807, 2.05) is 24.3 Å². The average molecular weight is 670 g/mol. The predicted octanol–water partition coefficient (Wildman–Crippen LogP) is 1.78. The third-order valence-electron chi connectivity index (χ3n) is 6.96. The first-order chi connectivity index (χ1) is 21.3. The Kier molecular flexibility index (Phi) is 20.8. The van der Waals surface area contributed by atoms with E-state index in [9.17, 15) is 27.9 Å². The number of aliphatic imine (C=N–C) groups is 1. The molecule has 1 amide bonds. The monoisotopic (exact) mass is 669 g/mol. The van der Waals surface area contributed by atoms with Crippen LogP contribution >= 0.6 is 0 Å². The Morgan fingerprint density at radius 3 is 2.20 bits per heavy atom. The second-order valence-corrected chi connectivity index (χ2v) is 12.7. The minimum absolute atomic E-state index is 0. The lowest BCUT2D eigenvalue weighted by atomic mass is 10.0. The number of rotatable bonds is 20. The summed E-state index contributed by atoms with van der Waals surface area (Å²) in [5.74, 6) is -3.66. The topological polar surface area (TPSA) is 260 Å². The molecule has 0 unspecified atom stereocenters. The van der Waals surface area contributed by atoms with Crippen LogP contribution in [-0.2, 0) is 29.0 Å². The molecular formula is C31H51N5O9S. The number of guanidine groups is 1. The molecule has 0 fully saturated rings. The number of hydrogen-bond donors (Lipinski definition) is 5. The number of nitrogens with two attached hydrogens (primary N) is 3. The average Bonchev–Trinajstić information content (AvgIpc) is 3.00. The number of aliphatic carboxylic acids is 2. The molecule has 0 aliphatic rings. The van der Waals surface area contributed by atoms with Gasteiger partial charge in [0.25, 0.3) is 0 Å². The van der Waals surface area contributed by atoms with Gasteiger partial charge in [-0.25, -0.2) is 8.42 Å². The van der Waals surface area contributed by atoms with Gasteiger partial charge in [0.1, 0.15) is 6.04 Å². The van der Waals surface area contributed by atoms with E-state index in [2.05, 4.69) is 11.9 Å². The zero-order valence-corrected chi connectivity index (χ0v) is 27.6. The number of fused-ring (bicyclic) bond motifs is 1. The third kappa shape index (κ3) is 16.5. The van der Waals surface area contributed by atoms with Gasteiger partial charge < -0.3 is 42.5 Å². The molecule has 2 aromatic carbocycles. The van der Waals surface area contributed by atoms with E-state index in [4.69, 9.17) is 27.0 Å². The van der Waals surface area contributed by atoms with Gasteiger partial charge in [0.05, 0.1) is 16.6 Å². The fourth-order valence-corrected chi connectivity index (χ4v) is 6.10. The van der Waals surface area contributed by atoms with E-state index in [0.717, 1.165) is 30.0 Å². The summed E-state index contributed by atoms with van der Waals surface area (Å²) < 4.78 is 31.6. The van der Waals surface area contributed by atoms with Crippen LogP contribution in [0.2, 0.25) is 0 Å². The zero-order valence-electron chi connectivity index (χ0n) is 26.8. The molecule has 15 heteroatoms. The summed E-state index contributed by atoms with van der Waals surface area (Å²) in [4.78, 5) is 40.3. The first kappa shape index (κ1) is 42.2. The van der Waals surface area contributed by atoms with Crippen LogP contribution in [0.15, 0.2) is 52.4 Å². The van der Waals surface area contributed by atoms with Crippen molar-refractivity contribution in [2.75, 3.05) is 39.1 Å². The van der Waals surface area contributed by atoms with Gasteiger partial charge >= 0.3 is 11.9 Å². The summed E-state index contributed by atoms with van der Waals surface area (Å²) in [7, 11) is -2.20. The summed E-state index contributed by atoms with van der Waals surface area (Å²) >= 11 is 0. The van der Waals surface area contributed by atoms with E-state index in [-0.39, 0.29) is 35.1 Å². The number of sulfone groups is 1. The summed E-state index contributed by atoms with van der Waals surface area (Å²) in [5.41, 5.74) is 15.3. The zero-order chi connectivity index (χ0) is 33.8. The number of benzene rings is 2. The summed E-state index contributed by atoms with van der Waals surface area (Å²) in [6.45, 7) is 3.96. The molecule has 14 nitrogen and oxygen atoms in total. The van der Waals surface area contributed by atoms with Crippen LogP contribution in [0.5, 0.6) is 0 Å². The Balaban J connectivity index is 0.00000132. The fourth-order valence-electron chi connectivity index (χ4n) is 4.48. The molecule has 0 aliphatic carbocycles. The molecule has 2 rings (SSSR count). The Morgan fingerprint density at radius 1 is 0.957 bits per heavy atom. The number of carboxylic acids is 2. The highest BCUT2D eigenvalue weighted by molar-refractivity contribution is 7.91. The largest absolute Gasteiger partial charge is 0.481 e. The SMILES string of the molecule is CCCCCN(CCCOC)C(=O)[C@@H](CCC(=O)O)CS(=O)(=O)c1ccc2ccccc2c1.NC(N)=NCCC[C@H](N)C(=O)O.O. The standard InChI is InChI=1S/C25H35NO6S.C6H14N4O2.H2O/c1-3-4-7-15-26(16-8-17-32-2)25(29)22(12-14-24(27)28)19-33(30,31)23-13-11-20-9-5-6-10-21(20)18-23;7-4(5(11)12)2-1-3-10-6(8)9;/h5-6,9-11,13,18,22H,3-4,7-8,12,14-17,19H2,1-2H3,(H,27,28);4H,1-3,7H2,(H,11,12)(H4,8,9,10);1H2/t22-;4-;/m00./s1. The van der Waals surface area contributed by atoms with Crippen LogP contribution < -0.4 is 17.2 Å². The Labute approximate surface area is 271 Å². The van der Waals surface area contributed by atoms with Gasteiger partial charge in [0, 0.05) is 39.8 Å². The molecule has 2 atom stereocenters. The molecule has 0 spiro atoms. The van der Waals surface area contributed by atoms with Crippen molar-refractivity contribution in [1.29, 1.82) is 0 Å². The molecule has 260 valence electrons. The van der Waals surface area contributed by atoms with Gasteiger partial charge in [-0.1, -0.05) is 50.1 Å². The normalized spacial score (nSPS) is 12.2. The Morgan fingerprint density at radius 2 is 1.61 bits per heavy atom. The quantitative estimate of drug-likeness (QED) is 0.0770. The lowest BCUT2D eigenvalue weighted by Gasteiger charge is -2.27. The van der Waals surface area contributed by atoms with Gasteiger partial charge in [-0.3, -0.25) is 19.4 Å². The highest BCUT2D eigenvalue weighted by Gasteiger charge is 2.30. The molecule has 0 aliphatic heterocycles. The lowest BCUT2D eigenvalue weighted by Crippen LogP contribution is -2.40. The number of methoxy groups -OCH3 is 1. The maximum absolute atomic E-state index is 13.4. The highest BCUT2D eigenvalue weighted by Crippen LogP contribution is 2.24. The number of carbonyl (C=O) groups is 3. The van der Waals surface area contributed by atoms with Crippen LogP contribution in [-0.4, -0.2) is 98.0 Å². The first-order valence-corrected chi connectivity index (χ1v) is 16.7. The molecule has 2 aromatic rings. The first-order valence-electron chi connectivity index (χ1n) is 15.1. The van der Waals surface area contributed by atoms with Gasteiger partial charge in [-0.2, -0.15) is 0 Å². The summed E-state index contributed by atoms with van der Waals surface area (Å²) in [5, 5.41) is 19.3. The van der Waals surface area contributed by atoms with Crippen molar-refractivity contribution < 1.29 is 43.2 Å². The van der Waals surface area contributed by atoms with Gasteiger partial charge in [-0.15, -0.1) is 0 Å². The smallest absolute Gasteiger partial charge is 0.320 e. The van der Waals surface area contributed by atoms with Crippen molar-refractivity contribution in [3.05, 3.63) is 42.5 Å². The molecule has 0 aromatic heterocycles. The van der Waals surface area contributed by atoms with Crippen LogP contribution in [0.25, 0.3) is 10.8 Å². The van der Waals surface area contributed by atoms with E-state index in [1.165, 1.54) is 0 Å². The molecule has 0 radical (unpaired) electrons. The molecular weight excluding hydrogens is 618 g/mol. The lowest BCUT2D eigenvalue weighted by molar-refractivity contribution is -0.140. The van der Waals surface area contributed by atoms with Crippen LogP contribution in [0, 0.1) is 5.92 Å². The number of nitrogens with zero attached hydrogens (tertiary/aromatic N) is 2. The number of ether oxygens (including phenoxy) is 1. The molecule has 0 saturated heterocycles. The minimum Gasteiger partial charge on any atom is -0.481 e. The van der Waals surface area contributed by atoms with E-state index >= 15 is 0 Å². The number of carbonyl (C=O) groups excluding carboxylic acids is 1. The molecule has 10 N–H and O–H groups in total. The number of amides is 1. The van der Waals surface area contributed by atoms with Crippen LogP contribution in [0.4, 0.5) is 0 Å². The number of unbranched alkanes of at least 4 members (excludes halogenated alkanes) is 2. The van der Waals surface area contributed by atoms with Crippen LogP contribution in [0.3, 0.4) is 0 Å². The van der Waals surface area contributed by atoms with Crippen molar-refractivity contribution in [3.63, 3.8) is 0 Å². The Bertz CT molecular complexity index is 1340. The van der Waals surface area contributed by atoms with Crippen molar-refractivity contribution in [2.45, 2.75) is 69.2 Å². The van der Waals surface area contributed by atoms with Crippen molar-refractivity contribution in [3.8, 4) is 0 Å². The molecule has 0 heterocycles. The van der Waals surface area contributed by atoms with Gasteiger partial charge in [0.2, 0.25) is 5.91 Å². The molecule has 0 saturated carbocycles. The van der Waals surface area contributed by atoms with Crippen molar-refractivity contribution >= 4 is 44.4 Å². The minimum atomic E-state index is -3.79. The van der Waals surface area contributed by atoms with E-state index in [1.54, 1.807) is 30.2 Å².